The van der Waals surface area contributed by atoms with Crippen molar-refractivity contribution >= 4 is 17.8 Å². The van der Waals surface area contributed by atoms with Gasteiger partial charge in [0, 0.05) is 38.3 Å². The van der Waals surface area contributed by atoms with Crippen LogP contribution in [0.5, 0.6) is 0 Å². The summed E-state index contributed by atoms with van der Waals surface area (Å²) in [5.41, 5.74) is 1.07. The van der Waals surface area contributed by atoms with Crippen molar-refractivity contribution < 1.29 is 23.1 Å². The molecule has 11 heteroatoms. The second kappa shape index (κ2) is 11.4. The molecule has 0 radical (unpaired) electrons. The molecule has 0 saturated carbocycles. The molecule has 2 saturated heterocycles. The van der Waals surface area contributed by atoms with Gasteiger partial charge >= 0.3 is 6.09 Å². The van der Waals surface area contributed by atoms with Crippen LogP contribution in [-0.4, -0.2) is 95.6 Å². The standard InChI is InChI=1S/C26H34F2N6O3/c1-26(2,3)37-25(36)34-9-8-22(21(28)16-34)30-24(35)17-32-10-12-33(13-11-32)23-14-19(15-29-31-23)18-4-6-20(27)7-5-18/h4-7,14-15,21-22H,8-13,16-17H2,1-3H3,(H,30,35)/t21-,22-/m1/s1. The fourth-order valence-corrected chi connectivity index (χ4v) is 4.46. The number of hydrogen-bond donors (Lipinski definition) is 1. The van der Waals surface area contributed by atoms with Crippen molar-refractivity contribution in [3.8, 4) is 11.1 Å². The first-order chi connectivity index (χ1) is 17.6. The predicted octanol–water partition coefficient (Wildman–Crippen LogP) is 2.87. The number of piperazine rings is 1. The van der Waals surface area contributed by atoms with E-state index in [9.17, 15) is 18.4 Å². The number of nitrogens with one attached hydrogen (secondary N) is 1. The summed E-state index contributed by atoms with van der Waals surface area (Å²) >= 11 is 0. The van der Waals surface area contributed by atoms with Gasteiger partial charge in [0.1, 0.15) is 17.6 Å². The first kappa shape index (κ1) is 26.7. The van der Waals surface area contributed by atoms with Gasteiger partial charge in [-0.25, -0.2) is 13.6 Å². The molecule has 1 aromatic heterocycles. The minimum atomic E-state index is -1.35. The second-order valence-corrected chi connectivity index (χ2v) is 10.5. The largest absolute Gasteiger partial charge is 0.444 e. The van der Waals surface area contributed by atoms with Crippen molar-refractivity contribution in [1.82, 2.24) is 25.3 Å². The van der Waals surface area contributed by atoms with Crippen molar-refractivity contribution in [2.45, 2.75) is 45.0 Å². The molecular weight excluding hydrogens is 482 g/mol. The molecule has 4 rings (SSSR count). The number of aromatic nitrogens is 2. The van der Waals surface area contributed by atoms with Gasteiger partial charge < -0.3 is 19.9 Å². The van der Waals surface area contributed by atoms with Crippen LogP contribution in [0.3, 0.4) is 0 Å². The number of hydrogen-bond acceptors (Lipinski definition) is 7. The highest BCUT2D eigenvalue weighted by Crippen LogP contribution is 2.23. The second-order valence-electron chi connectivity index (χ2n) is 10.5. The van der Waals surface area contributed by atoms with E-state index in [0.29, 0.717) is 39.1 Å². The maximum absolute atomic E-state index is 14.7. The fraction of sp³-hybridized carbons (Fsp3) is 0.538. The Labute approximate surface area is 215 Å². The lowest BCUT2D eigenvalue weighted by atomic mass is 10.0. The Hall–Kier alpha value is -3.34. The van der Waals surface area contributed by atoms with Gasteiger partial charge in [0.25, 0.3) is 0 Å². The number of likely N-dealkylation sites (tertiary alicyclic amines) is 1. The number of ether oxygens (including phenoxy) is 1. The van der Waals surface area contributed by atoms with Crippen LogP contribution < -0.4 is 10.2 Å². The molecule has 200 valence electrons. The number of rotatable bonds is 5. The van der Waals surface area contributed by atoms with E-state index < -0.39 is 23.9 Å². The van der Waals surface area contributed by atoms with E-state index in [0.717, 1.165) is 16.9 Å². The molecule has 2 aliphatic rings. The number of amides is 2. The number of carbonyl (C=O) groups is 2. The molecular formula is C26H34F2N6O3. The van der Waals surface area contributed by atoms with Crippen molar-refractivity contribution in [3.63, 3.8) is 0 Å². The molecule has 0 bridgehead atoms. The number of anilines is 1. The molecule has 2 aromatic rings. The van der Waals surface area contributed by atoms with Crippen LogP contribution in [0.15, 0.2) is 36.5 Å². The van der Waals surface area contributed by atoms with Gasteiger partial charge in [0.05, 0.1) is 25.3 Å². The monoisotopic (exact) mass is 516 g/mol. The third-order valence-corrected chi connectivity index (χ3v) is 6.42. The Morgan fingerprint density at radius 3 is 2.43 bits per heavy atom. The Bertz CT molecular complexity index is 1090. The van der Waals surface area contributed by atoms with Crippen LogP contribution in [0.1, 0.15) is 27.2 Å². The Balaban J connectivity index is 1.23. The molecule has 3 heterocycles. The van der Waals surface area contributed by atoms with Crippen molar-refractivity contribution in [1.29, 1.82) is 0 Å². The first-order valence-corrected chi connectivity index (χ1v) is 12.5. The highest BCUT2D eigenvalue weighted by Gasteiger charge is 2.34. The first-order valence-electron chi connectivity index (χ1n) is 12.5. The van der Waals surface area contributed by atoms with E-state index >= 15 is 0 Å². The van der Waals surface area contributed by atoms with Crippen molar-refractivity contribution in [2.75, 3.05) is 50.7 Å². The van der Waals surface area contributed by atoms with Crippen molar-refractivity contribution in [2.24, 2.45) is 0 Å². The molecule has 9 nitrogen and oxygen atoms in total. The van der Waals surface area contributed by atoms with Crippen LogP contribution in [-0.2, 0) is 9.53 Å². The molecule has 0 spiro atoms. The lowest BCUT2D eigenvalue weighted by molar-refractivity contribution is -0.124. The van der Waals surface area contributed by atoms with E-state index in [1.807, 2.05) is 11.0 Å². The maximum atomic E-state index is 14.7. The zero-order valence-corrected chi connectivity index (χ0v) is 21.5. The molecule has 0 aliphatic carbocycles. The lowest BCUT2D eigenvalue weighted by Gasteiger charge is -2.37. The number of carbonyl (C=O) groups excluding carboxylic acids is 2. The van der Waals surface area contributed by atoms with Crippen molar-refractivity contribution in [3.05, 3.63) is 42.3 Å². The number of benzene rings is 1. The SMILES string of the molecule is CC(C)(C)OC(=O)N1CC[C@@H](NC(=O)CN2CCN(c3cc(-c4ccc(F)cc4)cnn3)CC2)[C@H](F)C1. The summed E-state index contributed by atoms with van der Waals surface area (Å²) in [4.78, 5) is 30.3. The van der Waals surface area contributed by atoms with Gasteiger partial charge in [-0.15, -0.1) is 5.10 Å². The van der Waals surface area contributed by atoms with Crippen LogP contribution >= 0.6 is 0 Å². The number of nitrogens with zero attached hydrogens (tertiary/aromatic N) is 5. The minimum Gasteiger partial charge on any atom is -0.444 e. The summed E-state index contributed by atoms with van der Waals surface area (Å²) in [5.74, 6) is 0.201. The number of piperidine rings is 1. The van der Waals surface area contributed by atoms with Gasteiger partial charge in [-0.1, -0.05) is 12.1 Å². The lowest BCUT2D eigenvalue weighted by Crippen LogP contribution is -2.56. The Morgan fingerprint density at radius 1 is 1.08 bits per heavy atom. The van der Waals surface area contributed by atoms with E-state index in [-0.39, 0.29) is 24.8 Å². The summed E-state index contributed by atoms with van der Waals surface area (Å²) in [5, 5.41) is 11.1. The maximum Gasteiger partial charge on any atom is 0.410 e. The Morgan fingerprint density at radius 2 is 1.78 bits per heavy atom. The average Bonchev–Trinajstić information content (AvgIpc) is 2.85. The summed E-state index contributed by atoms with van der Waals surface area (Å²) in [6.45, 7) is 8.32. The third-order valence-electron chi connectivity index (χ3n) is 6.42. The molecule has 2 atom stereocenters. The predicted molar refractivity (Wildman–Crippen MR) is 135 cm³/mol. The van der Waals surface area contributed by atoms with Crippen LogP contribution in [0.2, 0.25) is 0 Å². The van der Waals surface area contributed by atoms with Crippen LogP contribution in [0, 0.1) is 5.82 Å². The summed E-state index contributed by atoms with van der Waals surface area (Å²) in [6, 6.07) is 7.53. The smallest absolute Gasteiger partial charge is 0.410 e. The van der Waals surface area contributed by atoms with Gasteiger partial charge in [-0.2, -0.15) is 5.10 Å². The zero-order valence-electron chi connectivity index (χ0n) is 21.5. The minimum absolute atomic E-state index is 0.101. The number of halogens is 2. The highest BCUT2D eigenvalue weighted by atomic mass is 19.1. The molecule has 2 aliphatic heterocycles. The fourth-order valence-electron chi connectivity index (χ4n) is 4.46. The van der Waals surface area contributed by atoms with Gasteiger partial charge in [0.15, 0.2) is 5.82 Å². The topological polar surface area (TPSA) is 90.9 Å². The molecule has 37 heavy (non-hydrogen) atoms. The number of alkyl halides is 1. The van der Waals surface area contributed by atoms with Gasteiger partial charge in [-0.05, 0) is 51.0 Å². The van der Waals surface area contributed by atoms with E-state index in [2.05, 4.69) is 20.4 Å². The van der Waals surface area contributed by atoms with Gasteiger partial charge in [-0.3, -0.25) is 9.69 Å². The zero-order chi connectivity index (χ0) is 26.6. The summed E-state index contributed by atoms with van der Waals surface area (Å²) < 4.78 is 33.3. The van der Waals surface area contributed by atoms with Crippen LogP contribution in [0.4, 0.5) is 19.4 Å². The van der Waals surface area contributed by atoms with E-state index in [1.165, 1.54) is 17.0 Å². The van der Waals surface area contributed by atoms with Crippen LogP contribution in [0.25, 0.3) is 11.1 Å². The molecule has 2 amide bonds. The molecule has 2 fully saturated rings. The quantitative estimate of drug-likeness (QED) is 0.654. The molecule has 1 aromatic carbocycles. The van der Waals surface area contributed by atoms with E-state index in [4.69, 9.17) is 4.74 Å². The summed E-state index contributed by atoms with van der Waals surface area (Å²) in [7, 11) is 0. The normalized spacial score (nSPS) is 21.0. The van der Waals surface area contributed by atoms with E-state index in [1.54, 1.807) is 39.1 Å². The summed E-state index contributed by atoms with van der Waals surface area (Å²) in [6.07, 6.45) is 0.0934. The Kier molecular flexibility index (Phi) is 8.21. The molecule has 1 N–H and O–H groups in total. The average molecular weight is 517 g/mol. The highest BCUT2D eigenvalue weighted by molar-refractivity contribution is 5.78. The molecule has 0 unspecified atom stereocenters. The third kappa shape index (κ3) is 7.34. The van der Waals surface area contributed by atoms with Gasteiger partial charge in [0.2, 0.25) is 5.91 Å².